The number of esters is 1. The largest absolute Gasteiger partial charge is 0.461 e. The second kappa shape index (κ2) is 2.84. The van der Waals surface area contributed by atoms with E-state index in [0.717, 1.165) is 12.8 Å². The Morgan fingerprint density at radius 1 is 1.27 bits per heavy atom. The van der Waals surface area contributed by atoms with Crippen molar-refractivity contribution < 1.29 is 9.53 Å². The molecule has 0 N–H and O–H groups in total. The SMILES string of the molecule is C[C@]12CC(=O)O[C@@H]1Cc1ccccc1C2. The highest BCUT2D eigenvalue weighted by Crippen LogP contribution is 2.44. The van der Waals surface area contributed by atoms with Crippen LogP contribution >= 0.6 is 0 Å². The summed E-state index contributed by atoms with van der Waals surface area (Å²) < 4.78 is 5.39. The van der Waals surface area contributed by atoms with Crippen molar-refractivity contribution in [3.63, 3.8) is 0 Å². The van der Waals surface area contributed by atoms with Crippen molar-refractivity contribution in [1.29, 1.82) is 0 Å². The summed E-state index contributed by atoms with van der Waals surface area (Å²) in [5, 5.41) is 0. The molecule has 0 radical (unpaired) electrons. The van der Waals surface area contributed by atoms with Gasteiger partial charge in [0.05, 0.1) is 6.42 Å². The Labute approximate surface area is 89.2 Å². The first-order valence-corrected chi connectivity index (χ1v) is 5.44. The van der Waals surface area contributed by atoms with Gasteiger partial charge in [0.15, 0.2) is 0 Å². The van der Waals surface area contributed by atoms with Crippen LogP contribution in [0.2, 0.25) is 0 Å². The first-order valence-electron chi connectivity index (χ1n) is 5.44. The molecule has 2 nitrogen and oxygen atoms in total. The summed E-state index contributed by atoms with van der Waals surface area (Å²) in [6.45, 7) is 2.17. The molecule has 1 saturated heterocycles. The Kier molecular flexibility index (Phi) is 1.70. The molecule has 1 heterocycles. The number of hydrogen-bond donors (Lipinski definition) is 0. The number of fused-ring (bicyclic) bond motifs is 2. The highest BCUT2D eigenvalue weighted by molar-refractivity contribution is 5.73. The molecule has 0 amide bonds. The van der Waals surface area contributed by atoms with Crippen molar-refractivity contribution in [2.75, 3.05) is 0 Å². The van der Waals surface area contributed by atoms with Crippen molar-refractivity contribution in [3.05, 3.63) is 35.4 Å². The van der Waals surface area contributed by atoms with E-state index < -0.39 is 0 Å². The van der Waals surface area contributed by atoms with Gasteiger partial charge in [-0.2, -0.15) is 0 Å². The Morgan fingerprint density at radius 2 is 2.00 bits per heavy atom. The summed E-state index contributed by atoms with van der Waals surface area (Å²) in [6, 6.07) is 8.43. The van der Waals surface area contributed by atoms with Crippen LogP contribution in [0.4, 0.5) is 0 Å². The van der Waals surface area contributed by atoms with Gasteiger partial charge in [0.2, 0.25) is 0 Å². The van der Waals surface area contributed by atoms with Gasteiger partial charge in [0.25, 0.3) is 0 Å². The van der Waals surface area contributed by atoms with Gasteiger partial charge in [-0.1, -0.05) is 31.2 Å². The highest BCUT2D eigenvalue weighted by atomic mass is 16.6. The minimum absolute atomic E-state index is 0.0321. The van der Waals surface area contributed by atoms with Gasteiger partial charge < -0.3 is 4.74 Å². The molecule has 2 aliphatic rings. The number of hydrogen-bond acceptors (Lipinski definition) is 2. The lowest BCUT2D eigenvalue weighted by Crippen LogP contribution is -2.36. The van der Waals surface area contributed by atoms with Crippen LogP contribution < -0.4 is 0 Å². The molecule has 1 aromatic carbocycles. The third-order valence-electron chi connectivity index (χ3n) is 3.72. The van der Waals surface area contributed by atoms with Crippen LogP contribution in [0.3, 0.4) is 0 Å². The van der Waals surface area contributed by atoms with Crippen LogP contribution in [-0.4, -0.2) is 12.1 Å². The third-order valence-corrected chi connectivity index (χ3v) is 3.72. The number of rotatable bonds is 0. The van der Waals surface area contributed by atoms with E-state index in [2.05, 4.69) is 31.2 Å². The van der Waals surface area contributed by atoms with E-state index in [9.17, 15) is 4.79 Å². The molecule has 0 aromatic heterocycles. The fourth-order valence-corrected chi connectivity index (χ4v) is 2.81. The van der Waals surface area contributed by atoms with Gasteiger partial charge in [-0.15, -0.1) is 0 Å². The number of benzene rings is 1. The van der Waals surface area contributed by atoms with Crippen LogP contribution in [0, 0.1) is 5.41 Å². The van der Waals surface area contributed by atoms with E-state index in [1.807, 2.05) is 0 Å². The van der Waals surface area contributed by atoms with Gasteiger partial charge in [-0.25, -0.2) is 0 Å². The van der Waals surface area contributed by atoms with Crippen LogP contribution in [-0.2, 0) is 22.4 Å². The first kappa shape index (κ1) is 8.96. The van der Waals surface area contributed by atoms with Crippen molar-refractivity contribution >= 4 is 5.97 Å². The van der Waals surface area contributed by atoms with E-state index in [1.165, 1.54) is 11.1 Å². The molecule has 3 rings (SSSR count). The van der Waals surface area contributed by atoms with Gasteiger partial charge in [0.1, 0.15) is 6.10 Å². The predicted octanol–water partition coefficient (Wildman–Crippen LogP) is 2.11. The third kappa shape index (κ3) is 1.28. The summed E-state index contributed by atoms with van der Waals surface area (Å²) in [7, 11) is 0. The Morgan fingerprint density at radius 3 is 2.80 bits per heavy atom. The zero-order valence-corrected chi connectivity index (χ0v) is 8.82. The minimum atomic E-state index is -0.0321. The van der Waals surface area contributed by atoms with E-state index in [4.69, 9.17) is 4.74 Å². The van der Waals surface area contributed by atoms with Crippen molar-refractivity contribution in [2.45, 2.75) is 32.3 Å². The molecule has 2 atom stereocenters. The molecule has 0 unspecified atom stereocenters. The van der Waals surface area contributed by atoms with E-state index in [1.54, 1.807) is 0 Å². The van der Waals surface area contributed by atoms with Gasteiger partial charge in [-0.05, 0) is 17.5 Å². The maximum atomic E-state index is 11.3. The molecule has 15 heavy (non-hydrogen) atoms. The van der Waals surface area contributed by atoms with Crippen LogP contribution in [0.1, 0.15) is 24.5 Å². The maximum Gasteiger partial charge on any atom is 0.306 e. The van der Waals surface area contributed by atoms with E-state index in [0.29, 0.717) is 6.42 Å². The van der Waals surface area contributed by atoms with Crippen LogP contribution in [0.25, 0.3) is 0 Å². The molecule has 2 heteroatoms. The van der Waals surface area contributed by atoms with E-state index >= 15 is 0 Å². The molecule has 0 bridgehead atoms. The molecule has 78 valence electrons. The summed E-state index contributed by atoms with van der Waals surface area (Å²) in [5.41, 5.74) is 2.76. The fraction of sp³-hybridized carbons (Fsp3) is 0.462. The summed E-state index contributed by atoms with van der Waals surface area (Å²) in [6.07, 6.45) is 2.53. The molecule has 1 aliphatic carbocycles. The second-order valence-electron chi connectivity index (χ2n) is 4.96. The zero-order chi connectivity index (χ0) is 10.5. The predicted molar refractivity (Wildman–Crippen MR) is 56.5 cm³/mol. The lowest BCUT2D eigenvalue weighted by Gasteiger charge is -2.34. The summed E-state index contributed by atoms with van der Waals surface area (Å²) >= 11 is 0. The molecule has 1 aliphatic heterocycles. The zero-order valence-electron chi connectivity index (χ0n) is 8.82. The Balaban J connectivity index is 2.02. The molecule has 1 fully saturated rings. The average molecular weight is 202 g/mol. The van der Waals surface area contributed by atoms with Crippen molar-refractivity contribution in [1.82, 2.24) is 0 Å². The molecule has 0 spiro atoms. The normalized spacial score (nSPS) is 33.1. The summed E-state index contributed by atoms with van der Waals surface area (Å²) in [4.78, 5) is 11.3. The topological polar surface area (TPSA) is 26.3 Å². The lowest BCUT2D eigenvalue weighted by atomic mass is 9.70. The van der Waals surface area contributed by atoms with Crippen LogP contribution in [0.15, 0.2) is 24.3 Å². The Hall–Kier alpha value is -1.31. The molecular weight excluding hydrogens is 188 g/mol. The van der Waals surface area contributed by atoms with Crippen molar-refractivity contribution in [3.8, 4) is 0 Å². The monoisotopic (exact) mass is 202 g/mol. The Bertz CT molecular complexity index is 424. The van der Waals surface area contributed by atoms with Crippen molar-refractivity contribution in [2.24, 2.45) is 5.41 Å². The number of ether oxygens (including phenoxy) is 1. The average Bonchev–Trinajstić information content (AvgIpc) is 2.47. The minimum Gasteiger partial charge on any atom is -0.461 e. The molecular formula is C13H14O2. The summed E-state index contributed by atoms with van der Waals surface area (Å²) in [5.74, 6) is -0.0321. The van der Waals surface area contributed by atoms with E-state index in [-0.39, 0.29) is 17.5 Å². The second-order valence-corrected chi connectivity index (χ2v) is 4.96. The highest BCUT2D eigenvalue weighted by Gasteiger charge is 2.47. The standard InChI is InChI=1S/C13H14O2/c1-13-7-10-5-3-2-4-9(10)6-11(13)15-12(14)8-13/h2-5,11H,6-8H2,1H3/t11-,13+/m1/s1. The lowest BCUT2D eigenvalue weighted by molar-refractivity contribution is -0.141. The number of carbonyl (C=O) groups excluding carboxylic acids is 1. The molecule has 0 saturated carbocycles. The van der Waals surface area contributed by atoms with Gasteiger partial charge >= 0.3 is 5.97 Å². The quantitative estimate of drug-likeness (QED) is 0.602. The van der Waals surface area contributed by atoms with Gasteiger partial charge in [-0.3, -0.25) is 4.79 Å². The fourth-order valence-electron chi connectivity index (χ4n) is 2.81. The van der Waals surface area contributed by atoms with Crippen LogP contribution in [0.5, 0.6) is 0 Å². The maximum absolute atomic E-state index is 11.3. The first-order chi connectivity index (χ1) is 7.17. The number of carbonyl (C=O) groups is 1. The smallest absolute Gasteiger partial charge is 0.306 e. The van der Waals surface area contributed by atoms with Gasteiger partial charge in [0, 0.05) is 11.8 Å². The molecule has 1 aromatic rings.